The molecule has 1 aromatic carbocycles. The van der Waals surface area contributed by atoms with Crippen LogP contribution in [0.3, 0.4) is 0 Å². The largest absolute Gasteiger partial charge is 0.484 e. The molecule has 132 valence electrons. The van der Waals surface area contributed by atoms with Crippen LogP contribution in [0.4, 0.5) is 4.39 Å². The van der Waals surface area contributed by atoms with Crippen molar-refractivity contribution in [2.75, 3.05) is 6.61 Å². The summed E-state index contributed by atoms with van der Waals surface area (Å²) in [6, 6.07) is 5.38. The SMILES string of the molecule is O=C(CCCC1CCCCC1)NNC(=O)COc1ccc(F)cc1. The van der Waals surface area contributed by atoms with Gasteiger partial charge in [0.25, 0.3) is 5.91 Å². The first-order chi connectivity index (χ1) is 11.6. The molecule has 1 aliphatic carbocycles. The Kier molecular flexibility index (Phi) is 7.52. The van der Waals surface area contributed by atoms with Gasteiger partial charge in [0, 0.05) is 6.42 Å². The number of halogens is 1. The topological polar surface area (TPSA) is 67.4 Å². The lowest BCUT2D eigenvalue weighted by Gasteiger charge is -2.21. The number of amides is 2. The highest BCUT2D eigenvalue weighted by molar-refractivity contribution is 5.82. The molecule has 0 saturated heterocycles. The van der Waals surface area contributed by atoms with Crippen LogP contribution >= 0.6 is 0 Å². The van der Waals surface area contributed by atoms with Crippen molar-refractivity contribution in [3.05, 3.63) is 30.1 Å². The maximum Gasteiger partial charge on any atom is 0.276 e. The van der Waals surface area contributed by atoms with E-state index in [2.05, 4.69) is 10.9 Å². The standard InChI is InChI=1S/C18H25FN2O3/c19-15-9-11-16(12-10-15)24-13-18(23)21-20-17(22)8-4-7-14-5-2-1-3-6-14/h9-12,14H,1-8,13H2,(H,20,22)(H,21,23). The number of hydrazine groups is 1. The lowest BCUT2D eigenvalue weighted by Crippen LogP contribution is -2.43. The zero-order valence-electron chi connectivity index (χ0n) is 13.9. The minimum absolute atomic E-state index is 0.194. The van der Waals surface area contributed by atoms with Crippen LogP contribution in [0.2, 0.25) is 0 Å². The predicted octanol–water partition coefficient (Wildman–Crippen LogP) is 3.10. The van der Waals surface area contributed by atoms with Crippen molar-refractivity contribution in [1.29, 1.82) is 0 Å². The molecule has 2 rings (SSSR count). The molecule has 0 radical (unpaired) electrons. The van der Waals surface area contributed by atoms with Gasteiger partial charge in [-0.2, -0.15) is 0 Å². The third-order valence-electron chi connectivity index (χ3n) is 4.27. The number of carbonyl (C=O) groups is 2. The van der Waals surface area contributed by atoms with Crippen molar-refractivity contribution < 1.29 is 18.7 Å². The summed E-state index contributed by atoms with van der Waals surface area (Å²) in [6.45, 7) is -0.242. The summed E-state index contributed by atoms with van der Waals surface area (Å²) in [7, 11) is 0. The van der Waals surface area contributed by atoms with E-state index in [1.54, 1.807) is 0 Å². The van der Waals surface area contributed by atoms with Crippen LogP contribution in [0.15, 0.2) is 24.3 Å². The minimum atomic E-state index is -0.458. The molecule has 1 saturated carbocycles. The van der Waals surface area contributed by atoms with Crippen LogP contribution in [0.25, 0.3) is 0 Å². The minimum Gasteiger partial charge on any atom is -0.484 e. The molecular weight excluding hydrogens is 311 g/mol. The van der Waals surface area contributed by atoms with Crippen LogP contribution in [-0.2, 0) is 9.59 Å². The number of carbonyl (C=O) groups excluding carboxylic acids is 2. The average molecular weight is 336 g/mol. The Morgan fingerprint density at radius 1 is 1.04 bits per heavy atom. The second-order valence-electron chi connectivity index (χ2n) is 6.24. The summed E-state index contributed by atoms with van der Waals surface area (Å²) < 4.78 is 17.9. The van der Waals surface area contributed by atoms with Gasteiger partial charge in [0.1, 0.15) is 11.6 Å². The molecule has 5 nitrogen and oxygen atoms in total. The molecule has 1 aromatic rings. The van der Waals surface area contributed by atoms with Gasteiger partial charge in [-0.05, 0) is 43.0 Å². The van der Waals surface area contributed by atoms with Crippen molar-refractivity contribution in [2.24, 2.45) is 5.92 Å². The average Bonchev–Trinajstić information content (AvgIpc) is 2.60. The van der Waals surface area contributed by atoms with E-state index in [4.69, 9.17) is 4.74 Å². The molecule has 0 aromatic heterocycles. The third kappa shape index (κ3) is 6.98. The van der Waals surface area contributed by atoms with E-state index in [1.807, 2.05) is 0 Å². The van der Waals surface area contributed by atoms with Gasteiger partial charge < -0.3 is 4.74 Å². The smallest absolute Gasteiger partial charge is 0.276 e. The molecule has 0 bridgehead atoms. The van der Waals surface area contributed by atoms with Gasteiger partial charge in [0.05, 0.1) is 0 Å². The Bertz CT molecular complexity index is 528. The molecule has 2 N–H and O–H groups in total. The van der Waals surface area contributed by atoms with E-state index in [9.17, 15) is 14.0 Å². The molecule has 0 spiro atoms. The van der Waals surface area contributed by atoms with Crippen molar-refractivity contribution >= 4 is 11.8 Å². The maximum absolute atomic E-state index is 12.7. The van der Waals surface area contributed by atoms with E-state index < -0.39 is 5.91 Å². The highest BCUT2D eigenvalue weighted by Crippen LogP contribution is 2.27. The normalized spacial score (nSPS) is 14.9. The molecule has 0 heterocycles. The molecule has 0 atom stereocenters. The second-order valence-corrected chi connectivity index (χ2v) is 6.24. The van der Waals surface area contributed by atoms with Crippen LogP contribution < -0.4 is 15.6 Å². The fraction of sp³-hybridized carbons (Fsp3) is 0.556. The second kappa shape index (κ2) is 9.90. The van der Waals surface area contributed by atoms with Gasteiger partial charge in [-0.15, -0.1) is 0 Å². The van der Waals surface area contributed by atoms with Gasteiger partial charge in [-0.3, -0.25) is 20.4 Å². The molecule has 24 heavy (non-hydrogen) atoms. The Morgan fingerprint density at radius 3 is 2.42 bits per heavy atom. The number of hydrogen-bond acceptors (Lipinski definition) is 3. The van der Waals surface area contributed by atoms with E-state index in [-0.39, 0.29) is 18.3 Å². The van der Waals surface area contributed by atoms with E-state index in [1.165, 1.54) is 56.4 Å². The van der Waals surface area contributed by atoms with Crippen molar-refractivity contribution in [3.63, 3.8) is 0 Å². The number of ether oxygens (including phenoxy) is 1. The molecule has 2 amide bonds. The molecule has 6 heteroatoms. The van der Waals surface area contributed by atoms with Crippen LogP contribution in [-0.4, -0.2) is 18.4 Å². The van der Waals surface area contributed by atoms with E-state index in [0.29, 0.717) is 12.2 Å². The van der Waals surface area contributed by atoms with Gasteiger partial charge in [0.15, 0.2) is 6.61 Å². The third-order valence-corrected chi connectivity index (χ3v) is 4.27. The Morgan fingerprint density at radius 2 is 1.71 bits per heavy atom. The first-order valence-electron chi connectivity index (χ1n) is 8.59. The van der Waals surface area contributed by atoms with Crippen molar-refractivity contribution in [1.82, 2.24) is 10.9 Å². The lowest BCUT2D eigenvalue weighted by atomic mass is 9.86. The zero-order valence-corrected chi connectivity index (χ0v) is 13.9. The van der Waals surface area contributed by atoms with E-state index >= 15 is 0 Å². The number of benzene rings is 1. The first-order valence-corrected chi connectivity index (χ1v) is 8.59. The number of hydrogen-bond donors (Lipinski definition) is 2. The van der Waals surface area contributed by atoms with Crippen LogP contribution in [0.1, 0.15) is 51.4 Å². The van der Waals surface area contributed by atoms with Crippen molar-refractivity contribution in [2.45, 2.75) is 51.4 Å². The van der Waals surface area contributed by atoms with Gasteiger partial charge in [-0.1, -0.05) is 32.1 Å². The van der Waals surface area contributed by atoms with Gasteiger partial charge in [0.2, 0.25) is 5.91 Å². The fourth-order valence-electron chi connectivity index (χ4n) is 2.94. The number of nitrogens with one attached hydrogen (secondary N) is 2. The summed E-state index contributed by atoms with van der Waals surface area (Å²) in [6.07, 6.45) is 8.84. The van der Waals surface area contributed by atoms with Gasteiger partial charge >= 0.3 is 0 Å². The van der Waals surface area contributed by atoms with Crippen LogP contribution in [0.5, 0.6) is 5.75 Å². The lowest BCUT2D eigenvalue weighted by molar-refractivity contribution is -0.130. The predicted molar refractivity (Wildman–Crippen MR) is 88.6 cm³/mol. The van der Waals surface area contributed by atoms with E-state index in [0.717, 1.165) is 18.8 Å². The highest BCUT2D eigenvalue weighted by Gasteiger charge is 2.13. The summed E-state index contributed by atoms with van der Waals surface area (Å²) >= 11 is 0. The Balaban J connectivity index is 1.53. The molecule has 0 aliphatic heterocycles. The molecule has 1 aliphatic rings. The molecule has 0 unspecified atom stereocenters. The molecule has 1 fully saturated rings. The quantitative estimate of drug-likeness (QED) is 0.752. The zero-order chi connectivity index (χ0) is 17.2. The molecular formula is C18H25FN2O3. The fourth-order valence-corrected chi connectivity index (χ4v) is 2.94. The summed E-state index contributed by atoms with van der Waals surface area (Å²) in [4.78, 5) is 23.3. The van der Waals surface area contributed by atoms with Crippen molar-refractivity contribution in [3.8, 4) is 5.75 Å². The Labute approximate surface area is 141 Å². The highest BCUT2D eigenvalue weighted by atomic mass is 19.1. The Hall–Kier alpha value is -2.11. The number of rotatable bonds is 7. The van der Waals surface area contributed by atoms with Crippen LogP contribution in [0, 0.1) is 11.7 Å². The summed E-state index contributed by atoms with van der Waals surface area (Å²) in [5.41, 5.74) is 4.70. The maximum atomic E-state index is 12.7. The van der Waals surface area contributed by atoms with Gasteiger partial charge in [-0.25, -0.2) is 4.39 Å². The monoisotopic (exact) mass is 336 g/mol. The summed E-state index contributed by atoms with van der Waals surface area (Å²) in [5, 5.41) is 0. The summed E-state index contributed by atoms with van der Waals surface area (Å²) in [5.74, 6) is 0.129. The first kappa shape index (κ1) is 18.2.